The van der Waals surface area contributed by atoms with E-state index in [1.165, 1.54) is 0 Å². The third-order valence-corrected chi connectivity index (χ3v) is 5.25. The highest BCUT2D eigenvalue weighted by Gasteiger charge is 2.24. The molecule has 7 heteroatoms. The van der Waals surface area contributed by atoms with E-state index in [2.05, 4.69) is 14.9 Å². The summed E-state index contributed by atoms with van der Waals surface area (Å²) in [6.07, 6.45) is 2.01. The standard InChI is InChI=1S/C21H21ClN4O2/c1-15-18(24-21(28-15)16-6-2-3-7-17(16)22)14-20(27)26-12-10-25(11-13-26)19-8-4-5-9-23-19/h2-9H,10-14H2,1H3. The predicted molar refractivity (Wildman–Crippen MR) is 108 cm³/mol. The lowest BCUT2D eigenvalue weighted by Gasteiger charge is -2.35. The zero-order valence-corrected chi connectivity index (χ0v) is 16.4. The number of benzene rings is 1. The summed E-state index contributed by atoms with van der Waals surface area (Å²) in [6, 6.07) is 13.3. The van der Waals surface area contributed by atoms with Crippen LogP contribution in [-0.4, -0.2) is 47.0 Å². The van der Waals surface area contributed by atoms with Crippen LogP contribution in [0.4, 0.5) is 5.82 Å². The van der Waals surface area contributed by atoms with Crippen molar-refractivity contribution in [2.75, 3.05) is 31.1 Å². The van der Waals surface area contributed by atoms with Crippen molar-refractivity contribution in [2.24, 2.45) is 0 Å². The van der Waals surface area contributed by atoms with Gasteiger partial charge in [0.15, 0.2) is 0 Å². The van der Waals surface area contributed by atoms with Gasteiger partial charge in [-0.25, -0.2) is 9.97 Å². The highest BCUT2D eigenvalue weighted by atomic mass is 35.5. The molecule has 1 saturated heterocycles. The molecule has 1 amide bonds. The van der Waals surface area contributed by atoms with Crippen molar-refractivity contribution < 1.29 is 9.21 Å². The van der Waals surface area contributed by atoms with Crippen LogP contribution in [0.1, 0.15) is 11.5 Å². The molecule has 0 spiro atoms. The van der Waals surface area contributed by atoms with E-state index in [9.17, 15) is 4.79 Å². The Hall–Kier alpha value is -2.86. The quantitative estimate of drug-likeness (QED) is 0.674. The van der Waals surface area contributed by atoms with Crippen molar-refractivity contribution in [1.82, 2.24) is 14.9 Å². The van der Waals surface area contributed by atoms with Crippen LogP contribution in [0.25, 0.3) is 11.5 Å². The molecular formula is C21H21ClN4O2. The van der Waals surface area contributed by atoms with Gasteiger partial charge in [-0.3, -0.25) is 4.79 Å². The number of rotatable bonds is 4. The van der Waals surface area contributed by atoms with Crippen molar-refractivity contribution in [1.29, 1.82) is 0 Å². The number of aryl methyl sites for hydroxylation is 1. The van der Waals surface area contributed by atoms with E-state index in [0.717, 1.165) is 24.5 Å². The molecule has 0 radical (unpaired) electrons. The minimum absolute atomic E-state index is 0.0581. The maximum atomic E-state index is 12.8. The summed E-state index contributed by atoms with van der Waals surface area (Å²) in [7, 11) is 0. The van der Waals surface area contributed by atoms with Gasteiger partial charge < -0.3 is 14.2 Å². The fraction of sp³-hybridized carbons (Fsp3) is 0.286. The molecule has 1 fully saturated rings. The number of carbonyl (C=O) groups is 1. The van der Waals surface area contributed by atoms with E-state index in [1.807, 2.05) is 48.2 Å². The van der Waals surface area contributed by atoms with Crippen molar-refractivity contribution in [3.8, 4) is 11.5 Å². The summed E-state index contributed by atoms with van der Waals surface area (Å²) in [6.45, 7) is 4.71. The van der Waals surface area contributed by atoms with Crippen LogP contribution in [0.15, 0.2) is 53.1 Å². The smallest absolute Gasteiger partial charge is 0.228 e. The number of hydrogen-bond donors (Lipinski definition) is 0. The van der Waals surface area contributed by atoms with Crippen LogP contribution in [0.5, 0.6) is 0 Å². The van der Waals surface area contributed by atoms with E-state index in [4.69, 9.17) is 16.0 Å². The minimum atomic E-state index is 0.0581. The van der Waals surface area contributed by atoms with Crippen molar-refractivity contribution in [3.05, 3.63) is 65.1 Å². The third kappa shape index (κ3) is 3.87. The van der Waals surface area contributed by atoms with Gasteiger partial charge in [0.25, 0.3) is 0 Å². The lowest BCUT2D eigenvalue weighted by atomic mass is 10.2. The van der Waals surface area contributed by atoms with Crippen LogP contribution in [0.3, 0.4) is 0 Å². The first-order valence-corrected chi connectivity index (χ1v) is 9.64. The average molecular weight is 397 g/mol. The van der Waals surface area contributed by atoms with Gasteiger partial charge in [0.2, 0.25) is 11.8 Å². The van der Waals surface area contributed by atoms with Crippen LogP contribution in [0.2, 0.25) is 5.02 Å². The second-order valence-electron chi connectivity index (χ2n) is 6.73. The first kappa shape index (κ1) is 18.5. The second kappa shape index (κ2) is 8.02. The van der Waals surface area contributed by atoms with Crippen LogP contribution < -0.4 is 4.90 Å². The first-order valence-electron chi connectivity index (χ1n) is 9.27. The normalized spacial score (nSPS) is 14.4. The first-order chi connectivity index (χ1) is 13.6. The Morgan fingerprint density at radius 1 is 1.11 bits per heavy atom. The summed E-state index contributed by atoms with van der Waals surface area (Å²) in [4.78, 5) is 25.7. The number of amides is 1. The Morgan fingerprint density at radius 2 is 1.86 bits per heavy atom. The summed E-state index contributed by atoms with van der Waals surface area (Å²) in [5.41, 5.74) is 1.39. The van der Waals surface area contributed by atoms with Gasteiger partial charge in [-0.2, -0.15) is 0 Å². The van der Waals surface area contributed by atoms with Gasteiger partial charge in [0, 0.05) is 32.4 Å². The molecule has 0 saturated carbocycles. The lowest BCUT2D eigenvalue weighted by molar-refractivity contribution is -0.130. The van der Waals surface area contributed by atoms with Gasteiger partial charge in [-0.1, -0.05) is 29.8 Å². The fourth-order valence-corrected chi connectivity index (χ4v) is 3.54. The topological polar surface area (TPSA) is 62.5 Å². The Kier molecular flexibility index (Phi) is 5.30. The van der Waals surface area contributed by atoms with Gasteiger partial charge in [-0.15, -0.1) is 0 Å². The van der Waals surface area contributed by atoms with E-state index in [0.29, 0.717) is 35.5 Å². The molecule has 144 valence electrons. The van der Waals surface area contributed by atoms with E-state index < -0.39 is 0 Å². The number of aromatic nitrogens is 2. The van der Waals surface area contributed by atoms with E-state index >= 15 is 0 Å². The van der Waals surface area contributed by atoms with Crippen molar-refractivity contribution >= 4 is 23.3 Å². The number of pyridine rings is 1. The molecular weight excluding hydrogens is 376 g/mol. The molecule has 1 aliphatic rings. The molecule has 0 aliphatic carbocycles. The Balaban J connectivity index is 1.40. The minimum Gasteiger partial charge on any atom is -0.441 e. The SMILES string of the molecule is Cc1oc(-c2ccccc2Cl)nc1CC(=O)N1CCN(c2ccccn2)CC1. The number of anilines is 1. The summed E-state index contributed by atoms with van der Waals surface area (Å²) in [5.74, 6) is 2.11. The number of halogens is 1. The van der Waals surface area contributed by atoms with Crippen LogP contribution >= 0.6 is 11.6 Å². The van der Waals surface area contributed by atoms with Gasteiger partial charge >= 0.3 is 0 Å². The van der Waals surface area contributed by atoms with E-state index in [1.54, 1.807) is 12.3 Å². The van der Waals surface area contributed by atoms with E-state index in [-0.39, 0.29) is 12.3 Å². The monoisotopic (exact) mass is 396 g/mol. The van der Waals surface area contributed by atoms with Crippen LogP contribution in [0, 0.1) is 6.92 Å². The molecule has 1 aliphatic heterocycles. The third-order valence-electron chi connectivity index (χ3n) is 4.92. The highest BCUT2D eigenvalue weighted by Crippen LogP contribution is 2.28. The molecule has 0 atom stereocenters. The molecule has 1 aromatic carbocycles. The molecule has 0 N–H and O–H groups in total. The zero-order valence-electron chi connectivity index (χ0n) is 15.6. The highest BCUT2D eigenvalue weighted by molar-refractivity contribution is 6.33. The molecule has 2 aromatic heterocycles. The number of carbonyl (C=O) groups excluding carboxylic acids is 1. The number of oxazole rings is 1. The Bertz CT molecular complexity index is 966. The van der Waals surface area contributed by atoms with Crippen molar-refractivity contribution in [2.45, 2.75) is 13.3 Å². The average Bonchev–Trinajstić information content (AvgIpc) is 3.09. The fourth-order valence-electron chi connectivity index (χ4n) is 3.32. The molecule has 3 aromatic rings. The molecule has 6 nitrogen and oxygen atoms in total. The van der Waals surface area contributed by atoms with Gasteiger partial charge in [-0.05, 0) is 31.2 Å². The largest absolute Gasteiger partial charge is 0.441 e. The summed E-state index contributed by atoms with van der Waals surface area (Å²) >= 11 is 6.23. The van der Waals surface area contributed by atoms with Gasteiger partial charge in [0.05, 0.1) is 22.7 Å². The molecule has 4 rings (SSSR count). The predicted octanol–water partition coefficient (Wildman–Crippen LogP) is 3.59. The van der Waals surface area contributed by atoms with Crippen molar-refractivity contribution in [3.63, 3.8) is 0 Å². The number of nitrogens with zero attached hydrogens (tertiary/aromatic N) is 4. The second-order valence-corrected chi connectivity index (χ2v) is 7.14. The maximum Gasteiger partial charge on any atom is 0.228 e. The molecule has 0 bridgehead atoms. The van der Waals surface area contributed by atoms with Gasteiger partial charge in [0.1, 0.15) is 11.6 Å². The summed E-state index contributed by atoms with van der Waals surface area (Å²) < 4.78 is 5.76. The molecule has 3 heterocycles. The van der Waals surface area contributed by atoms with Crippen LogP contribution in [-0.2, 0) is 11.2 Å². The number of piperazine rings is 1. The number of hydrogen-bond acceptors (Lipinski definition) is 5. The molecule has 0 unspecified atom stereocenters. The Morgan fingerprint density at radius 3 is 2.57 bits per heavy atom. The summed E-state index contributed by atoms with van der Waals surface area (Å²) in [5, 5.41) is 0.576. The zero-order chi connectivity index (χ0) is 19.5. The maximum absolute atomic E-state index is 12.8. The lowest BCUT2D eigenvalue weighted by Crippen LogP contribution is -2.49. The Labute approximate surface area is 168 Å². The molecule has 28 heavy (non-hydrogen) atoms.